The highest BCUT2D eigenvalue weighted by Gasteiger charge is 2.28. The van der Waals surface area contributed by atoms with E-state index in [-0.39, 0.29) is 4.90 Å². The minimum Gasteiger partial charge on any atom is -0.324 e. The Kier molecular flexibility index (Phi) is 3.88. The molecule has 0 aromatic heterocycles. The molecule has 0 aliphatic rings. The first kappa shape index (κ1) is 13.3. The molecule has 6 nitrogen and oxygen atoms in total. The minimum atomic E-state index is -4.52. The van der Waals surface area contributed by atoms with Crippen molar-refractivity contribution in [3.63, 3.8) is 0 Å². The van der Waals surface area contributed by atoms with E-state index in [1.807, 2.05) is 0 Å². The number of hydrogen-bond donors (Lipinski definition) is 3. The van der Waals surface area contributed by atoms with Gasteiger partial charge in [0, 0.05) is 0 Å². The summed E-state index contributed by atoms with van der Waals surface area (Å²) < 4.78 is -0.852. The van der Waals surface area contributed by atoms with E-state index in [2.05, 4.69) is 0 Å². The predicted octanol–water partition coefficient (Wildman–Crippen LogP) is 1.13. The van der Waals surface area contributed by atoms with E-state index in [9.17, 15) is 10.1 Å². The first-order valence-electron chi connectivity index (χ1n) is 4.28. The molecule has 1 rings (SSSR count). The van der Waals surface area contributed by atoms with E-state index >= 15 is 0 Å². The SMILES string of the molecule is Cc1cccc(S([N+](=O)[O-])=P(O)(O)O)c1C. The van der Waals surface area contributed by atoms with Crippen molar-refractivity contribution in [3.8, 4) is 0 Å². The van der Waals surface area contributed by atoms with Crippen LogP contribution >= 0.6 is 6.72 Å². The molecular formula is C8H12NO5PS. The van der Waals surface area contributed by atoms with Crippen LogP contribution in [0.3, 0.4) is 0 Å². The molecule has 1 aromatic carbocycles. The van der Waals surface area contributed by atoms with Crippen LogP contribution in [0.5, 0.6) is 0 Å². The summed E-state index contributed by atoms with van der Waals surface area (Å²) in [4.78, 5) is 38.3. The molecule has 1 atom stereocenters. The molecule has 0 aliphatic carbocycles. The van der Waals surface area contributed by atoms with Crippen LogP contribution in [0.25, 0.3) is 0 Å². The Morgan fingerprint density at radius 1 is 1.31 bits per heavy atom. The molecule has 0 spiro atoms. The monoisotopic (exact) mass is 265 g/mol. The average Bonchev–Trinajstić information content (AvgIpc) is 2.09. The minimum absolute atomic E-state index is 0.158. The van der Waals surface area contributed by atoms with Crippen molar-refractivity contribution in [2.24, 2.45) is 0 Å². The second-order valence-electron chi connectivity index (χ2n) is 3.20. The molecule has 0 amide bonds. The predicted molar refractivity (Wildman–Crippen MR) is 62.1 cm³/mol. The fourth-order valence-corrected chi connectivity index (χ4v) is 4.38. The number of rotatable bonds is 2. The maximum Gasteiger partial charge on any atom is 0.349 e. The highest BCUT2D eigenvalue weighted by molar-refractivity contribution is 8.24. The summed E-state index contributed by atoms with van der Waals surface area (Å²) in [6.07, 6.45) is 0. The summed E-state index contributed by atoms with van der Waals surface area (Å²) >= 11 is 0. The van der Waals surface area contributed by atoms with E-state index in [1.165, 1.54) is 6.07 Å². The van der Waals surface area contributed by atoms with Gasteiger partial charge in [0.05, 0.1) is 4.90 Å². The summed E-state index contributed by atoms with van der Waals surface area (Å²) in [6.45, 7) is -1.12. The lowest BCUT2D eigenvalue weighted by Crippen LogP contribution is -2.09. The summed E-state index contributed by atoms with van der Waals surface area (Å²) in [7, 11) is -2.18. The Morgan fingerprint density at radius 2 is 1.88 bits per heavy atom. The molecule has 0 heterocycles. The largest absolute Gasteiger partial charge is 0.349 e. The Morgan fingerprint density at radius 3 is 2.31 bits per heavy atom. The van der Waals surface area contributed by atoms with Gasteiger partial charge in [0.15, 0.2) is 0 Å². The lowest BCUT2D eigenvalue weighted by molar-refractivity contribution is -0.289. The third-order valence-corrected chi connectivity index (χ3v) is 6.09. The van der Waals surface area contributed by atoms with Crippen LogP contribution in [-0.4, -0.2) is 19.0 Å². The molecule has 0 aliphatic heterocycles. The number of hydrogen-bond acceptors (Lipinski definition) is 2. The van der Waals surface area contributed by atoms with Crippen molar-refractivity contribution in [1.29, 1.82) is 0 Å². The zero-order chi connectivity index (χ0) is 12.5. The van der Waals surface area contributed by atoms with Gasteiger partial charge in [-0.15, -0.1) is 0 Å². The molecule has 1 aromatic rings. The maximum atomic E-state index is 10.8. The van der Waals surface area contributed by atoms with E-state index in [0.29, 0.717) is 5.56 Å². The Balaban J connectivity index is 3.60. The summed E-state index contributed by atoms with van der Waals surface area (Å²) in [5, 5.41) is 10.8. The molecule has 90 valence electrons. The molecule has 0 saturated carbocycles. The molecule has 1 unspecified atom stereocenters. The fourth-order valence-electron chi connectivity index (χ4n) is 1.22. The van der Waals surface area contributed by atoms with Crippen LogP contribution in [0.2, 0.25) is 0 Å². The number of benzene rings is 1. The normalized spacial score (nSPS) is 13.6. The second kappa shape index (κ2) is 4.65. The van der Waals surface area contributed by atoms with Crippen molar-refractivity contribution in [2.75, 3.05) is 0 Å². The molecule has 0 saturated heterocycles. The van der Waals surface area contributed by atoms with Crippen LogP contribution in [0.1, 0.15) is 11.1 Å². The first-order valence-corrected chi connectivity index (χ1v) is 7.71. The average molecular weight is 265 g/mol. The standard InChI is InChI=1S/C8H12NO5PS/c1-6-4-3-5-8(7(6)2)16(9(10)11)15(12,13)14/h3-5,12-14H,1-2H3. The van der Waals surface area contributed by atoms with Crippen LogP contribution in [0.15, 0.2) is 23.1 Å². The highest BCUT2D eigenvalue weighted by Crippen LogP contribution is 2.41. The van der Waals surface area contributed by atoms with Gasteiger partial charge >= 0.3 is 6.72 Å². The van der Waals surface area contributed by atoms with Crippen LogP contribution in [0.4, 0.5) is 0 Å². The van der Waals surface area contributed by atoms with Gasteiger partial charge in [-0.1, -0.05) is 12.1 Å². The van der Waals surface area contributed by atoms with E-state index in [0.717, 1.165) is 5.56 Å². The molecule has 3 N–H and O–H groups in total. The summed E-state index contributed by atoms with van der Waals surface area (Å²) in [6, 6.07) is 4.76. The van der Waals surface area contributed by atoms with Crippen molar-refractivity contribution >= 4 is 17.0 Å². The molecule has 16 heavy (non-hydrogen) atoms. The van der Waals surface area contributed by atoms with Gasteiger partial charge in [-0.25, -0.2) is 0 Å². The van der Waals surface area contributed by atoms with Crippen LogP contribution < -0.4 is 0 Å². The van der Waals surface area contributed by atoms with Crippen molar-refractivity contribution < 1.29 is 19.0 Å². The molecule has 0 bridgehead atoms. The molecule has 0 radical (unpaired) electrons. The van der Waals surface area contributed by atoms with Crippen molar-refractivity contribution in [2.45, 2.75) is 18.7 Å². The van der Waals surface area contributed by atoms with Gasteiger partial charge in [-0.05, 0) is 31.0 Å². The van der Waals surface area contributed by atoms with Crippen LogP contribution in [0, 0.1) is 24.0 Å². The zero-order valence-electron chi connectivity index (χ0n) is 8.69. The molecular weight excluding hydrogens is 253 g/mol. The fraction of sp³-hybridized carbons (Fsp3) is 0.250. The summed E-state index contributed by atoms with van der Waals surface area (Å²) in [5.74, 6) is 0. The van der Waals surface area contributed by atoms with E-state index in [1.54, 1.807) is 26.0 Å². The summed E-state index contributed by atoms with van der Waals surface area (Å²) in [5.41, 5.74) is 1.38. The zero-order valence-corrected chi connectivity index (χ0v) is 10.4. The van der Waals surface area contributed by atoms with Gasteiger partial charge < -0.3 is 14.7 Å². The maximum absolute atomic E-state index is 10.8. The Labute approximate surface area is 94.6 Å². The highest BCUT2D eigenvalue weighted by atomic mass is 32.5. The van der Waals surface area contributed by atoms with Crippen LogP contribution in [-0.2, 0) is 10.3 Å². The lowest BCUT2D eigenvalue weighted by Gasteiger charge is -2.10. The Hall–Kier alpha value is -0.720. The van der Waals surface area contributed by atoms with Gasteiger partial charge in [0.2, 0.25) is 10.3 Å². The van der Waals surface area contributed by atoms with Crippen molar-refractivity contribution in [1.82, 2.24) is 0 Å². The van der Waals surface area contributed by atoms with Gasteiger partial charge in [-0.3, -0.25) is 10.1 Å². The third-order valence-electron chi connectivity index (χ3n) is 2.12. The lowest BCUT2D eigenvalue weighted by atomic mass is 10.1. The molecule has 0 fully saturated rings. The molecule has 8 heteroatoms. The number of nitrogens with zero attached hydrogens (tertiary/aromatic N) is 1. The van der Waals surface area contributed by atoms with E-state index < -0.39 is 21.3 Å². The van der Waals surface area contributed by atoms with E-state index in [4.69, 9.17) is 14.7 Å². The van der Waals surface area contributed by atoms with Gasteiger partial charge in [-0.2, -0.15) is 0 Å². The van der Waals surface area contributed by atoms with Gasteiger partial charge in [0.1, 0.15) is 4.33 Å². The number of aryl methyl sites for hydroxylation is 1. The smallest absolute Gasteiger partial charge is 0.324 e. The Bertz CT molecular complexity index is 487. The number of nitro groups is 1. The third kappa shape index (κ3) is 2.69. The topological polar surface area (TPSA) is 104 Å². The first-order chi connectivity index (χ1) is 7.25. The second-order valence-corrected chi connectivity index (χ2v) is 8.00. The van der Waals surface area contributed by atoms with Gasteiger partial charge in [0.25, 0.3) is 0 Å². The quantitative estimate of drug-likeness (QED) is 0.422. The van der Waals surface area contributed by atoms with Crippen molar-refractivity contribution in [3.05, 3.63) is 39.4 Å².